The quantitative estimate of drug-likeness (QED) is 0.714. The molecule has 0 spiro atoms. The minimum absolute atomic E-state index is 0.135. The third-order valence-electron chi connectivity index (χ3n) is 4.07. The zero-order chi connectivity index (χ0) is 14.9. The van der Waals surface area contributed by atoms with Crippen molar-refractivity contribution in [2.75, 3.05) is 5.75 Å². The molecule has 1 aromatic heterocycles. The molecule has 0 radical (unpaired) electrons. The van der Waals surface area contributed by atoms with E-state index < -0.39 is 0 Å². The normalized spacial score (nSPS) is 20.2. The van der Waals surface area contributed by atoms with E-state index in [4.69, 9.17) is 0 Å². The molecule has 3 aromatic rings. The Kier molecular flexibility index (Phi) is 3.68. The molecule has 2 aromatic carbocycles. The number of hydrogen-bond donors (Lipinski definition) is 0. The number of thioether (sulfide) groups is 1. The van der Waals surface area contributed by atoms with Gasteiger partial charge in [-0.05, 0) is 47.5 Å². The van der Waals surface area contributed by atoms with Gasteiger partial charge in [0, 0.05) is 11.3 Å². The van der Waals surface area contributed by atoms with E-state index in [0.717, 1.165) is 21.5 Å². The zero-order valence-electron chi connectivity index (χ0n) is 11.8. The molecule has 0 bridgehead atoms. The average molecular weight is 326 g/mol. The van der Waals surface area contributed by atoms with Crippen LogP contribution in [0.25, 0.3) is 10.2 Å². The van der Waals surface area contributed by atoms with E-state index in [1.807, 2.05) is 24.3 Å². The lowest BCUT2D eigenvalue weighted by Gasteiger charge is -2.02. The van der Waals surface area contributed by atoms with Crippen LogP contribution in [-0.2, 0) is 0 Å². The van der Waals surface area contributed by atoms with Crippen LogP contribution in [0.1, 0.15) is 28.3 Å². The van der Waals surface area contributed by atoms with Crippen molar-refractivity contribution in [3.63, 3.8) is 0 Å². The van der Waals surface area contributed by atoms with Crippen molar-refractivity contribution in [2.24, 2.45) is 5.92 Å². The predicted octanol–water partition coefficient (Wildman–Crippen LogP) is 4.37. The fraction of sp³-hybridized carbons (Fsp3) is 0.235. The van der Waals surface area contributed by atoms with Gasteiger partial charge in [0.1, 0.15) is 5.52 Å². The molecule has 1 heterocycles. The van der Waals surface area contributed by atoms with Crippen molar-refractivity contribution in [2.45, 2.75) is 12.3 Å². The Bertz CT molecular complexity index is 816. The van der Waals surface area contributed by atoms with Crippen LogP contribution in [0.3, 0.4) is 0 Å². The zero-order valence-corrected chi connectivity index (χ0v) is 13.4. The second-order valence-electron chi connectivity index (χ2n) is 5.54. The molecular formula is C17H14N2OS2. The third kappa shape index (κ3) is 2.66. The summed E-state index contributed by atoms with van der Waals surface area (Å²) in [5.74, 6) is 2.14. The van der Waals surface area contributed by atoms with Crippen molar-refractivity contribution in [1.29, 1.82) is 0 Å². The summed E-state index contributed by atoms with van der Waals surface area (Å²) < 4.78 is 4.83. The molecule has 3 nitrogen and oxygen atoms in total. The molecule has 1 aliphatic carbocycles. The number of carbonyl (C=O) groups is 1. The summed E-state index contributed by atoms with van der Waals surface area (Å²) in [4.78, 5) is 12.4. The fourth-order valence-corrected chi connectivity index (χ4v) is 4.56. The fourth-order valence-electron chi connectivity index (χ4n) is 2.77. The van der Waals surface area contributed by atoms with E-state index in [9.17, 15) is 4.79 Å². The van der Waals surface area contributed by atoms with E-state index in [2.05, 4.69) is 33.9 Å². The number of hydrogen-bond acceptors (Lipinski definition) is 5. The van der Waals surface area contributed by atoms with Gasteiger partial charge in [-0.25, -0.2) is 0 Å². The summed E-state index contributed by atoms with van der Waals surface area (Å²) in [6.45, 7) is 0. The lowest BCUT2D eigenvalue weighted by atomic mass is 10.1. The summed E-state index contributed by atoms with van der Waals surface area (Å²) in [5.41, 5.74) is 2.95. The Labute approximate surface area is 136 Å². The van der Waals surface area contributed by atoms with Gasteiger partial charge in [-0.1, -0.05) is 52.6 Å². The molecule has 1 aliphatic rings. The topological polar surface area (TPSA) is 42.9 Å². The van der Waals surface area contributed by atoms with Crippen LogP contribution in [0.15, 0.2) is 48.5 Å². The van der Waals surface area contributed by atoms with Crippen LogP contribution in [0, 0.1) is 5.92 Å². The Balaban J connectivity index is 1.41. The smallest absolute Gasteiger partial charge is 0.220 e. The molecule has 0 N–H and O–H groups in total. The highest BCUT2D eigenvalue weighted by molar-refractivity contribution is 8.14. The van der Waals surface area contributed by atoms with E-state index in [1.165, 1.54) is 35.3 Å². The number of aromatic nitrogens is 2. The molecule has 0 saturated heterocycles. The number of carbonyl (C=O) groups excluding carboxylic acids is 1. The number of fused-ring (bicyclic) bond motifs is 1. The maximum absolute atomic E-state index is 12.4. The van der Waals surface area contributed by atoms with E-state index in [-0.39, 0.29) is 5.12 Å². The van der Waals surface area contributed by atoms with Crippen molar-refractivity contribution in [3.8, 4) is 0 Å². The molecule has 1 fully saturated rings. The molecule has 4 rings (SSSR count). The van der Waals surface area contributed by atoms with Crippen LogP contribution in [0.4, 0.5) is 0 Å². The van der Waals surface area contributed by atoms with Gasteiger partial charge in [0.25, 0.3) is 0 Å². The van der Waals surface area contributed by atoms with Gasteiger partial charge in [0.2, 0.25) is 5.12 Å². The monoisotopic (exact) mass is 326 g/mol. The summed E-state index contributed by atoms with van der Waals surface area (Å²) >= 11 is 2.72. The Morgan fingerprint density at radius 1 is 1.18 bits per heavy atom. The first-order chi connectivity index (χ1) is 10.8. The first-order valence-corrected chi connectivity index (χ1v) is 9.02. The van der Waals surface area contributed by atoms with Gasteiger partial charge in [0.15, 0.2) is 0 Å². The first-order valence-electron chi connectivity index (χ1n) is 7.26. The van der Waals surface area contributed by atoms with Gasteiger partial charge in [0.05, 0.1) is 4.70 Å². The number of benzene rings is 2. The highest BCUT2D eigenvalue weighted by atomic mass is 32.2. The second kappa shape index (κ2) is 5.82. The molecule has 0 aliphatic heterocycles. The molecule has 2 atom stereocenters. The van der Waals surface area contributed by atoms with Gasteiger partial charge in [-0.2, -0.15) is 0 Å². The highest BCUT2D eigenvalue weighted by Crippen LogP contribution is 2.49. The van der Waals surface area contributed by atoms with Gasteiger partial charge < -0.3 is 0 Å². The predicted molar refractivity (Wildman–Crippen MR) is 91.5 cm³/mol. The second-order valence-corrected chi connectivity index (χ2v) is 7.29. The highest BCUT2D eigenvalue weighted by Gasteiger charge is 2.38. The summed E-state index contributed by atoms with van der Waals surface area (Å²) in [6, 6.07) is 16.2. The van der Waals surface area contributed by atoms with Gasteiger partial charge >= 0.3 is 0 Å². The Morgan fingerprint density at radius 2 is 2.05 bits per heavy atom. The Hall–Kier alpha value is -1.72. The van der Waals surface area contributed by atoms with Crippen LogP contribution < -0.4 is 0 Å². The Morgan fingerprint density at radius 3 is 2.91 bits per heavy atom. The van der Waals surface area contributed by atoms with Gasteiger partial charge in [-0.3, -0.25) is 4.79 Å². The molecule has 0 amide bonds. The van der Waals surface area contributed by atoms with Crippen molar-refractivity contribution < 1.29 is 4.79 Å². The molecular weight excluding hydrogens is 312 g/mol. The molecule has 5 heteroatoms. The lowest BCUT2D eigenvalue weighted by Crippen LogP contribution is -1.97. The standard InChI is InChI=1S/C17H14N2OS2/c20-17(13-7-4-8-15-16(13)22-19-18-15)21-10-12-9-14(12)11-5-2-1-3-6-11/h1-8,12,14H,9-10H2. The van der Waals surface area contributed by atoms with Crippen LogP contribution in [-0.4, -0.2) is 20.5 Å². The maximum atomic E-state index is 12.4. The largest absolute Gasteiger partial charge is 0.282 e. The number of nitrogens with zero attached hydrogens (tertiary/aromatic N) is 2. The minimum Gasteiger partial charge on any atom is -0.282 e. The average Bonchev–Trinajstić information content (AvgIpc) is 3.19. The van der Waals surface area contributed by atoms with Crippen molar-refractivity contribution in [3.05, 3.63) is 59.7 Å². The SMILES string of the molecule is O=C(SCC1CC1c1ccccc1)c1cccc2nnsc12. The molecule has 1 saturated carbocycles. The van der Waals surface area contributed by atoms with Crippen LogP contribution in [0.2, 0.25) is 0 Å². The molecule has 22 heavy (non-hydrogen) atoms. The molecule has 2 unspecified atom stereocenters. The lowest BCUT2D eigenvalue weighted by molar-refractivity contribution is 0.109. The summed E-state index contributed by atoms with van der Waals surface area (Å²) in [5, 5.41) is 4.16. The van der Waals surface area contributed by atoms with E-state index in [1.54, 1.807) is 0 Å². The summed E-state index contributed by atoms with van der Waals surface area (Å²) in [6.07, 6.45) is 1.19. The van der Waals surface area contributed by atoms with Crippen LogP contribution in [0.5, 0.6) is 0 Å². The van der Waals surface area contributed by atoms with Crippen LogP contribution >= 0.6 is 23.3 Å². The minimum atomic E-state index is 0.135. The third-order valence-corrected chi connectivity index (χ3v) is 5.93. The van der Waals surface area contributed by atoms with Crippen molar-refractivity contribution >= 4 is 38.6 Å². The van der Waals surface area contributed by atoms with Gasteiger partial charge in [-0.15, -0.1) is 5.10 Å². The van der Waals surface area contributed by atoms with E-state index in [0.29, 0.717) is 11.8 Å². The molecule has 110 valence electrons. The first kappa shape index (κ1) is 13.9. The number of rotatable bonds is 4. The van der Waals surface area contributed by atoms with E-state index >= 15 is 0 Å². The summed E-state index contributed by atoms with van der Waals surface area (Å²) in [7, 11) is 0. The van der Waals surface area contributed by atoms with Crippen molar-refractivity contribution in [1.82, 2.24) is 9.59 Å². The maximum Gasteiger partial charge on any atom is 0.220 e.